The molecule has 1 fully saturated rings. The first-order valence-electron chi connectivity index (χ1n) is 6.64. The maximum absolute atomic E-state index is 11.6. The molecule has 0 aromatic heterocycles. The van der Waals surface area contributed by atoms with Gasteiger partial charge in [0.2, 0.25) is 0 Å². The molecule has 0 aromatic rings. The highest BCUT2D eigenvalue weighted by molar-refractivity contribution is 5.79. The first-order valence-corrected chi connectivity index (χ1v) is 6.64. The molecule has 1 nitrogen and oxygen atoms in total. The summed E-state index contributed by atoms with van der Waals surface area (Å²) in [5.74, 6) is 1.71. The Morgan fingerprint density at radius 3 is 1.94 bits per heavy atom. The number of carbonyl (C=O) groups is 1. The highest BCUT2D eigenvalue weighted by atomic mass is 16.1. The molecule has 1 rings (SSSR count). The number of Topliss-reactive ketones (excluding diaryl/α,β-unsaturated/α-hetero) is 1. The normalized spacial score (nSPS) is 23.9. The Morgan fingerprint density at radius 1 is 1.06 bits per heavy atom. The van der Waals surface area contributed by atoms with Gasteiger partial charge in [0.15, 0.2) is 0 Å². The van der Waals surface area contributed by atoms with Gasteiger partial charge in [0.1, 0.15) is 5.78 Å². The van der Waals surface area contributed by atoms with E-state index < -0.39 is 0 Å². The molecule has 0 aliphatic heterocycles. The Labute approximate surface area is 101 Å². The summed E-state index contributed by atoms with van der Waals surface area (Å²) in [4.78, 5) is 11.6. The topological polar surface area (TPSA) is 17.1 Å². The number of ketones is 1. The molecule has 0 heterocycles. The molecule has 0 aromatic carbocycles. The average Bonchev–Trinajstić information content (AvgIpc) is 1.97. The standard InChI is InChI=1S/C15H28O/c1-14(2,3)13(15(4,5)6)11-8-7-9-12(16)10-11/h11,13H,7-10H2,1-6H3. The van der Waals surface area contributed by atoms with Crippen molar-refractivity contribution < 1.29 is 4.79 Å². The van der Waals surface area contributed by atoms with Crippen LogP contribution in [0.4, 0.5) is 0 Å². The minimum Gasteiger partial charge on any atom is -0.300 e. The quantitative estimate of drug-likeness (QED) is 0.643. The minimum atomic E-state index is 0.292. The highest BCUT2D eigenvalue weighted by Crippen LogP contribution is 2.48. The van der Waals surface area contributed by atoms with E-state index >= 15 is 0 Å². The zero-order valence-corrected chi connectivity index (χ0v) is 11.9. The lowest BCUT2D eigenvalue weighted by molar-refractivity contribution is -0.123. The summed E-state index contributed by atoms with van der Waals surface area (Å²) < 4.78 is 0. The van der Waals surface area contributed by atoms with Gasteiger partial charge in [0.25, 0.3) is 0 Å². The molecule has 0 spiro atoms. The predicted molar refractivity (Wildman–Crippen MR) is 69.4 cm³/mol. The van der Waals surface area contributed by atoms with E-state index in [9.17, 15) is 4.79 Å². The van der Waals surface area contributed by atoms with Crippen LogP contribution in [0.15, 0.2) is 0 Å². The summed E-state index contributed by atoms with van der Waals surface area (Å²) in [6, 6.07) is 0. The summed E-state index contributed by atoms with van der Waals surface area (Å²) in [7, 11) is 0. The van der Waals surface area contributed by atoms with Crippen LogP contribution in [0.2, 0.25) is 0 Å². The second kappa shape index (κ2) is 4.50. The fraction of sp³-hybridized carbons (Fsp3) is 0.933. The van der Waals surface area contributed by atoms with Crippen LogP contribution >= 0.6 is 0 Å². The van der Waals surface area contributed by atoms with E-state index in [4.69, 9.17) is 0 Å². The second-order valence-electron chi connectivity index (χ2n) is 7.60. The van der Waals surface area contributed by atoms with Gasteiger partial charge in [-0.3, -0.25) is 4.79 Å². The van der Waals surface area contributed by atoms with Crippen molar-refractivity contribution in [2.75, 3.05) is 0 Å². The van der Waals surface area contributed by atoms with E-state index in [1.807, 2.05) is 0 Å². The smallest absolute Gasteiger partial charge is 0.133 e. The first-order chi connectivity index (χ1) is 7.12. The number of hydrogen-bond acceptors (Lipinski definition) is 1. The Kier molecular flexibility index (Phi) is 3.87. The molecule has 1 saturated carbocycles. The third-order valence-corrected chi connectivity index (χ3v) is 3.86. The van der Waals surface area contributed by atoms with E-state index in [-0.39, 0.29) is 0 Å². The number of hydrogen-bond donors (Lipinski definition) is 0. The number of carbonyl (C=O) groups excluding carboxylic acids is 1. The Hall–Kier alpha value is -0.330. The molecule has 0 saturated heterocycles. The van der Waals surface area contributed by atoms with E-state index in [1.165, 1.54) is 6.42 Å². The van der Waals surface area contributed by atoms with E-state index in [0.717, 1.165) is 19.3 Å². The van der Waals surface area contributed by atoms with Crippen LogP contribution in [-0.4, -0.2) is 5.78 Å². The lowest BCUT2D eigenvalue weighted by Gasteiger charge is -2.46. The van der Waals surface area contributed by atoms with Gasteiger partial charge in [0.05, 0.1) is 0 Å². The van der Waals surface area contributed by atoms with E-state index in [0.29, 0.717) is 28.4 Å². The fourth-order valence-corrected chi connectivity index (χ4v) is 4.06. The minimum absolute atomic E-state index is 0.292. The molecule has 0 amide bonds. The van der Waals surface area contributed by atoms with Crippen molar-refractivity contribution in [3.8, 4) is 0 Å². The molecule has 1 heteroatoms. The largest absolute Gasteiger partial charge is 0.300 e. The van der Waals surface area contributed by atoms with Crippen molar-refractivity contribution in [3.63, 3.8) is 0 Å². The van der Waals surface area contributed by atoms with Crippen LogP contribution in [0.25, 0.3) is 0 Å². The molecule has 1 aliphatic carbocycles. The maximum atomic E-state index is 11.6. The van der Waals surface area contributed by atoms with Crippen molar-refractivity contribution >= 4 is 5.78 Å². The summed E-state index contributed by atoms with van der Waals surface area (Å²) in [6.07, 6.45) is 3.98. The Morgan fingerprint density at radius 2 is 1.56 bits per heavy atom. The third-order valence-electron chi connectivity index (χ3n) is 3.86. The maximum Gasteiger partial charge on any atom is 0.133 e. The molecule has 1 atom stereocenters. The summed E-state index contributed by atoms with van der Waals surface area (Å²) in [6.45, 7) is 13.9. The van der Waals surface area contributed by atoms with Crippen molar-refractivity contribution in [1.29, 1.82) is 0 Å². The molecule has 0 bridgehead atoms. The van der Waals surface area contributed by atoms with Crippen LogP contribution in [0.3, 0.4) is 0 Å². The fourth-order valence-electron chi connectivity index (χ4n) is 4.06. The van der Waals surface area contributed by atoms with Crippen LogP contribution in [0.5, 0.6) is 0 Å². The van der Waals surface area contributed by atoms with Gasteiger partial charge in [-0.2, -0.15) is 0 Å². The van der Waals surface area contributed by atoms with Crippen LogP contribution in [-0.2, 0) is 4.79 Å². The van der Waals surface area contributed by atoms with Crippen molar-refractivity contribution in [2.45, 2.75) is 67.2 Å². The average molecular weight is 224 g/mol. The molecule has 0 N–H and O–H groups in total. The van der Waals surface area contributed by atoms with Crippen LogP contribution in [0, 0.1) is 22.7 Å². The lowest BCUT2D eigenvalue weighted by atomic mass is 9.58. The second-order valence-corrected chi connectivity index (χ2v) is 7.60. The highest BCUT2D eigenvalue weighted by Gasteiger charge is 2.41. The molecule has 0 radical (unpaired) electrons. The SMILES string of the molecule is CC(C)(C)C(C1CCCC(=O)C1)C(C)(C)C. The molecular weight excluding hydrogens is 196 g/mol. The third kappa shape index (κ3) is 3.33. The molecule has 16 heavy (non-hydrogen) atoms. The van der Waals surface area contributed by atoms with Crippen molar-refractivity contribution in [2.24, 2.45) is 22.7 Å². The zero-order chi connectivity index (χ0) is 12.6. The molecule has 1 aliphatic rings. The summed E-state index contributed by atoms with van der Waals surface area (Å²) in [5.41, 5.74) is 0.584. The van der Waals surface area contributed by atoms with Gasteiger partial charge < -0.3 is 0 Å². The summed E-state index contributed by atoms with van der Waals surface area (Å²) in [5, 5.41) is 0. The predicted octanol–water partition coefficient (Wildman–Crippen LogP) is 4.45. The molecule has 1 unspecified atom stereocenters. The van der Waals surface area contributed by atoms with Gasteiger partial charge >= 0.3 is 0 Å². The van der Waals surface area contributed by atoms with Gasteiger partial charge in [-0.15, -0.1) is 0 Å². The van der Waals surface area contributed by atoms with E-state index in [1.54, 1.807) is 0 Å². The Bertz CT molecular complexity index is 238. The Balaban J connectivity index is 2.89. The van der Waals surface area contributed by atoms with Gasteiger partial charge in [-0.05, 0) is 35.5 Å². The zero-order valence-electron chi connectivity index (χ0n) is 11.9. The monoisotopic (exact) mass is 224 g/mol. The van der Waals surface area contributed by atoms with E-state index in [2.05, 4.69) is 41.5 Å². The van der Waals surface area contributed by atoms with Crippen LogP contribution in [0.1, 0.15) is 67.2 Å². The van der Waals surface area contributed by atoms with Gasteiger partial charge in [0, 0.05) is 12.8 Å². The molecule has 94 valence electrons. The van der Waals surface area contributed by atoms with Crippen molar-refractivity contribution in [1.82, 2.24) is 0 Å². The van der Waals surface area contributed by atoms with Crippen LogP contribution < -0.4 is 0 Å². The molecular formula is C15H28O. The van der Waals surface area contributed by atoms with Gasteiger partial charge in [-0.1, -0.05) is 41.5 Å². The summed E-state index contributed by atoms with van der Waals surface area (Å²) >= 11 is 0. The van der Waals surface area contributed by atoms with Crippen molar-refractivity contribution in [3.05, 3.63) is 0 Å². The first kappa shape index (κ1) is 13.7. The van der Waals surface area contributed by atoms with Gasteiger partial charge in [-0.25, -0.2) is 0 Å². The number of rotatable bonds is 1. The lowest BCUT2D eigenvalue weighted by Crippen LogP contribution is -2.40.